The maximum Gasteiger partial charge on any atom is 0.433 e. The van der Waals surface area contributed by atoms with E-state index in [1.807, 2.05) is 0 Å². The Bertz CT molecular complexity index is 490. The quantitative estimate of drug-likeness (QED) is 0.925. The Kier molecular flexibility index (Phi) is 4.15. The average molecular weight is 287 g/mol. The smallest absolute Gasteiger partial charge is 0.359 e. The van der Waals surface area contributed by atoms with Crippen LogP contribution in [0.1, 0.15) is 18.5 Å². The number of nitrogens with one attached hydrogen (secondary N) is 1. The van der Waals surface area contributed by atoms with Crippen LogP contribution in [-0.2, 0) is 11.0 Å². The van der Waals surface area contributed by atoms with Gasteiger partial charge in [-0.3, -0.25) is 4.79 Å². The molecule has 1 aromatic rings. The van der Waals surface area contributed by atoms with Crippen molar-refractivity contribution in [3.05, 3.63) is 23.9 Å². The standard InChI is InChI=1S/C13H16F3N3O/c1-17-12(20)7-9-5-6-19(8-9)11-4-2-3-10(18-11)13(14,15)16/h2-4,9H,5-8H2,1H3,(H,17,20)/t9-/m1/s1. The molecule has 0 aromatic carbocycles. The summed E-state index contributed by atoms with van der Waals surface area (Å²) in [5.41, 5.74) is -0.884. The Balaban J connectivity index is 2.05. The molecule has 1 amide bonds. The van der Waals surface area contributed by atoms with Crippen molar-refractivity contribution in [2.24, 2.45) is 5.92 Å². The highest BCUT2D eigenvalue weighted by Crippen LogP contribution is 2.30. The number of nitrogens with zero attached hydrogens (tertiary/aromatic N) is 2. The van der Waals surface area contributed by atoms with Crippen molar-refractivity contribution in [2.45, 2.75) is 19.0 Å². The summed E-state index contributed by atoms with van der Waals surface area (Å²) in [5, 5.41) is 2.55. The van der Waals surface area contributed by atoms with Gasteiger partial charge in [-0.1, -0.05) is 6.07 Å². The number of anilines is 1. The molecule has 1 aliphatic heterocycles. The first-order valence-electron chi connectivity index (χ1n) is 6.40. The number of aromatic nitrogens is 1. The van der Waals surface area contributed by atoms with Crippen molar-refractivity contribution in [3.8, 4) is 0 Å². The number of carbonyl (C=O) groups excluding carboxylic acids is 1. The van der Waals surface area contributed by atoms with Gasteiger partial charge >= 0.3 is 6.18 Å². The molecular formula is C13H16F3N3O. The number of hydrogen-bond donors (Lipinski definition) is 1. The number of amides is 1. The van der Waals surface area contributed by atoms with Gasteiger partial charge in [0.25, 0.3) is 0 Å². The second-order valence-corrected chi connectivity index (χ2v) is 4.86. The van der Waals surface area contributed by atoms with Gasteiger partial charge in [0.05, 0.1) is 0 Å². The number of rotatable bonds is 3. The maximum atomic E-state index is 12.6. The van der Waals surface area contributed by atoms with E-state index in [2.05, 4.69) is 10.3 Å². The van der Waals surface area contributed by atoms with Gasteiger partial charge in [-0.05, 0) is 24.5 Å². The Labute approximate surface area is 115 Å². The number of alkyl halides is 3. The van der Waals surface area contributed by atoms with Crippen molar-refractivity contribution >= 4 is 11.7 Å². The zero-order chi connectivity index (χ0) is 14.8. The third kappa shape index (κ3) is 3.40. The van der Waals surface area contributed by atoms with Gasteiger partial charge in [-0.25, -0.2) is 4.98 Å². The molecule has 0 aliphatic carbocycles. The average Bonchev–Trinajstić information content (AvgIpc) is 2.86. The van der Waals surface area contributed by atoms with Crippen molar-refractivity contribution in [1.82, 2.24) is 10.3 Å². The molecule has 1 fully saturated rings. The number of hydrogen-bond acceptors (Lipinski definition) is 3. The second kappa shape index (κ2) is 5.68. The molecule has 0 spiro atoms. The number of halogens is 3. The largest absolute Gasteiger partial charge is 0.433 e. The van der Waals surface area contributed by atoms with Gasteiger partial charge in [0, 0.05) is 26.6 Å². The van der Waals surface area contributed by atoms with E-state index in [-0.39, 0.29) is 11.8 Å². The highest BCUT2D eigenvalue weighted by Gasteiger charge is 2.33. The molecular weight excluding hydrogens is 271 g/mol. The summed E-state index contributed by atoms with van der Waals surface area (Å²) in [5.74, 6) is 0.430. The van der Waals surface area contributed by atoms with Crippen LogP contribution in [0, 0.1) is 5.92 Å². The van der Waals surface area contributed by atoms with Crippen molar-refractivity contribution in [2.75, 3.05) is 25.0 Å². The van der Waals surface area contributed by atoms with Crippen LogP contribution in [0.25, 0.3) is 0 Å². The van der Waals surface area contributed by atoms with E-state index in [9.17, 15) is 18.0 Å². The predicted octanol–water partition coefficient (Wildman–Crippen LogP) is 2.06. The van der Waals surface area contributed by atoms with Crippen LogP contribution >= 0.6 is 0 Å². The predicted molar refractivity (Wildman–Crippen MR) is 68.2 cm³/mol. The fraction of sp³-hybridized carbons (Fsp3) is 0.538. The lowest BCUT2D eigenvalue weighted by molar-refractivity contribution is -0.141. The third-order valence-corrected chi connectivity index (χ3v) is 3.39. The van der Waals surface area contributed by atoms with Crippen molar-refractivity contribution in [3.63, 3.8) is 0 Å². The Morgan fingerprint density at radius 3 is 2.90 bits per heavy atom. The molecule has 4 nitrogen and oxygen atoms in total. The number of carbonyl (C=O) groups is 1. The molecule has 2 rings (SSSR count). The van der Waals surface area contributed by atoms with E-state index in [1.54, 1.807) is 18.0 Å². The second-order valence-electron chi connectivity index (χ2n) is 4.86. The molecule has 1 atom stereocenters. The van der Waals surface area contributed by atoms with Gasteiger partial charge in [0.2, 0.25) is 5.91 Å². The molecule has 20 heavy (non-hydrogen) atoms. The summed E-state index contributed by atoms with van der Waals surface area (Å²) < 4.78 is 37.8. The lowest BCUT2D eigenvalue weighted by Gasteiger charge is -2.18. The third-order valence-electron chi connectivity index (χ3n) is 3.39. The Morgan fingerprint density at radius 2 is 2.25 bits per heavy atom. The maximum absolute atomic E-state index is 12.6. The van der Waals surface area contributed by atoms with Gasteiger partial charge in [-0.15, -0.1) is 0 Å². The molecule has 110 valence electrons. The molecule has 0 bridgehead atoms. The molecule has 1 aromatic heterocycles. The monoisotopic (exact) mass is 287 g/mol. The van der Waals surface area contributed by atoms with Crippen molar-refractivity contribution < 1.29 is 18.0 Å². The van der Waals surface area contributed by atoms with Crippen LogP contribution in [0.3, 0.4) is 0 Å². The van der Waals surface area contributed by atoms with Gasteiger partial charge in [0.15, 0.2) is 0 Å². The normalized spacial score (nSPS) is 19.2. The van der Waals surface area contributed by atoms with Gasteiger partial charge in [0.1, 0.15) is 11.5 Å². The lowest BCUT2D eigenvalue weighted by atomic mass is 10.1. The summed E-state index contributed by atoms with van der Waals surface area (Å²) in [6, 6.07) is 3.89. The van der Waals surface area contributed by atoms with E-state index in [0.29, 0.717) is 25.3 Å². The minimum Gasteiger partial charge on any atom is -0.359 e. The molecule has 1 aliphatic rings. The van der Waals surface area contributed by atoms with E-state index in [0.717, 1.165) is 12.5 Å². The molecule has 7 heteroatoms. The molecule has 1 saturated heterocycles. The fourth-order valence-corrected chi connectivity index (χ4v) is 2.33. The Morgan fingerprint density at radius 1 is 1.50 bits per heavy atom. The topological polar surface area (TPSA) is 45.2 Å². The summed E-state index contributed by atoms with van der Waals surface area (Å²) in [4.78, 5) is 16.8. The van der Waals surface area contributed by atoms with E-state index < -0.39 is 11.9 Å². The minimum atomic E-state index is -4.43. The molecule has 1 N–H and O–H groups in total. The fourth-order valence-electron chi connectivity index (χ4n) is 2.33. The van der Waals surface area contributed by atoms with E-state index in [1.165, 1.54) is 6.07 Å². The molecule has 0 saturated carbocycles. The van der Waals surface area contributed by atoms with Crippen LogP contribution < -0.4 is 10.2 Å². The van der Waals surface area contributed by atoms with Crippen LogP contribution in [0.15, 0.2) is 18.2 Å². The van der Waals surface area contributed by atoms with Gasteiger partial charge in [-0.2, -0.15) is 13.2 Å². The zero-order valence-electron chi connectivity index (χ0n) is 11.1. The van der Waals surface area contributed by atoms with Crippen LogP contribution in [0.4, 0.5) is 19.0 Å². The van der Waals surface area contributed by atoms with Crippen LogP contribution in [-0.4, -0.2) is 31.0 Å². The molecule has 0 unspecified atom stereocenters. The highest BCUT2D eigenvalue weighted by atomic mass is 19.4. The first-order chi connectivity index (χ1) is 9.40. The van der Waals surface area contributed by atoms with Crippen LogP contribution in [0.5, 0.6) is 0 Å². The highest BCUT2D eigenvalue weighted by molar-refractivity contribution is 5.75. The SMILES string of the molecule is CNC(=O)C[C@H]1CCN(c2cccc(C(F)(F)F)n2)C1. The molecule has 2 heterocycles. The van der Waals surface area contributed by atoms with E-state index >= 15 is 0 Å². The lowest BCUT2D eigenvalue weighted by Crippen LogP contribution is -2.25. The van der Waals surface area contributed by atoms with Gasteiger partial charge < -0.3 is 10.2 Å². The van der Waals surface area contributed by atoms with E-state index in [4.69, 9.17) is 0 Å². The first-order valence-corrected chi connectivity index (χ1v) is 6.40. The summed E-state index contributed by atoms with van der Waals surface area (Å²) in [6.45, 7) is 1.18. The minimum absolute atomic E-state index is 0.0474. The summed E-state index contributed by atoms with van der Waals surface area (Å²) in [6.07, 6.45) is -3.26. The molecule has 0 radical (unpaired) electrons. The zero-order valence-corrected chi connectivity index (χ0v) is 11.1. The first kappa shape index (κ1) is 14.6. The summed E-state index contributed by atoms with van der Waals surface area (Å²) >= 11 is 0. The summed E-state index contributed by atoms with van der Waals surface area (Å²) in [7, 11) is 1.57. The number of pyridine rings is 1. The Hall–Kier alpha value is -1.79. The van der Waals surface area contributed by atoms with Crippen LogP contribution in [0.2, 0.25) is 0 Å². The van der Waals surface area contributed by atoms with Crippen molar-refractivity contribution in [1.29, 1.82) is 0 Å².